The van der Waals surface area contributed by atoms with Crippen molar-refractivity contribution < 1.29 is 9.21 Å². The van der Waals surface area contributed by atoms with Gasteiger partial charge < -0.3 is 9.73 Å². The van der Waals surface area contributed by atoms with Crippen LogP contribution in [0.25, 0.3) is 17.1 Å². The standard InChI is InChI=1S/C21H16BrN3O2/c1-14-11-12-19(27-14)20-16(13-25(24-20)15-7-3-2-4-8-15)21(26)23-18-10-6-5-9-17(18)22/h2-13H,1H3,(H,23,26). The third kappa shape index (κ3) is 3.57. The summed E-state index contributed by atoms with van der Waals surface area (Å²) in [6.45, 7) is 1.86. The molecule has 134 valence electrons. The average molecular weight is 422 g/mol. The Balaban J connectivity index is 1.77. The number of benzene rings is 2. The van der Waals surface area contributed by atoms with E-state index in [1.54, 1.807) is 10.9 Å². The monoisotopic (exact) mass is 421 g/mol. The van der Waals surface area contributed by atoms with Crippen LogP contribution in [0.15, 0.2) is 81.8 Å². The van der Waals surface area contributed by atoms with Gasteiger partial charge in [0.1, 0.15) is 11.5 Å². The van der Waals surface area contributed by atoms with E-state index >= 15 is 0 Å². The van der Waals surface area contributed by atoms with Crippen molar-refractivity contribution in [2.75, 3.05) is 5.32 Å². The second-order valence-electron chi connectivity index (χ2n) is 6.02. The highest BCUT2D eigenvalue weighted by Crippen LogP contribution is 2.28. The van der Waals surface area contributed by atoms with Gasteiger partial charge in [-0.25, -0.2) is 4.68 Å². The van der Waals surface area contributed by atoms with Crippen LogP contribution in [0, 0.1) is 6.92 Å². The van der Waals surface area contributed by atoms with Crippen LogP contribution >= 0.6 is 15.9 Å². The molecule has 0 spiro atoms. The quantitative estimate of drug-likeness (QED) is 0.476. The topological polar surface area (TPSA) is 60.1 Å². The van der Waals surface area contributed by atoms with Crippen molar-refractivity contribution in [1.82, 2.24) is 9.78 Å². The number of halogens is 1. The molecule has 4 aromatic rings. The maximum absolute atomic E-state index is 13.0. The summed E-state index contributed by atoms with van der Waals surface area (Å²) >= 11 is 3.45. The lowest BCUT2D eigenvalue weighted by molar-refractivity contribution is 0.102. The Hall–Kier alpha value is -3.12. The number of carbonyl (C=O) groups is 1. The van der Waals surface area contributed by atoms with Gasteiger partial charge in [-0.15, -0.1) is 0 Å². The maximum atomic E-state index is 13.0. The first-order valence-corrected chi connectivity index (χ1v) is 9.19. The number of anilines is 1. The predicted octanol–water partition coefficient (Wildman–Crippen LogP) is 5.46. The van der Waals surface area contributed by atoms with Gasteiger partial charge in [-0.2, -0.15) is 5.10 Å². The summed E-state index contributed by atoms with van der Waals surface area (Å²) in [6.07, 6.45) is 1.72. The number of hydrogen-bond acceptors (Lipinski definition) is 3. The largest absolute Gasteiger partial charge is 0.460 e. The molecule has 0 aliphatic carbocycles. The zero-order valence-corrected chi connectivity index (χ0v) is 16.1. The normalized spacial score (nSPS) is 10.7. The molecule has 0 fully saturated rings. The zero-order valence-electron chi connectivity index (χ0n) is 14.5. The summed E-state index contributed by atoms with van der Waals surface area (Å²) in [7, 11) is 0. The van der Waals surface area contributed by atoms with Crippen LogP contribution in [0.1, 0.15) is 16.1 Å². The lowest BCUT2D eigenvalue weighted by atomic mass is 10.2. The molecule has 0 unspecified atom stereocenters. The van der Waals surface area contributed by atoms with Crippen LogP contribution in [0.5, 0.6) is 0 Å². The molecule has 6 heteroatoms. The van der Waals surface area contributed by atoms with Crippen molar-refractivity contribution in [3.05, 3.63) is 88.7 Å². The van der Waals surface area contributed by atoms with Gasteiger partial charge in [-0.05, 0) is 59.3 Å². The molecule has 27 heavy (non-hydrogen) atoms. The minimum atomic E-state index is -0.256. The molecule has 1 amide bonds. The highest BCUT2D eigenvalue weighted by Gasteiger charge is 2.21. The Morgan fingerprint density at radius 3 is 2.48 bits per heavy atom. The lowest BCUT2D eigenvalue weighted by Gasteiger charge is -2.06. The van der Waals surface area contributed by atoms with Crippen molar-refractivity contribution in [3.63, 3.8) is 0 Å². The van der Waals surface area contributed by atoms with Gasteiger partial charge in [0.05, 0.1) is 16.9 Å². The molecule has 0 aliphatic rings. The average Bonchev–Trinajstić information content (AvgIpc) is 3.31. The van der Waals surface area contributed by atoms with E-state index in [4.69, 9.17) is 4.42 Å². The van der Waals surface area contributed by atoms with Crippen molar-refractivity contribution in [2.45, 2.75) is 6.92 Å². The fraction of sp³-hybridized carbons (Fsp3) is 0.0476. The van der Waals surface area contributed by atoms with E-state index in [0.29, 0.717) is 22.7 Å². The van der Waals surface area contributed by atoms with Gasteiger partial charge in [-0.3, -0.25) is 4.79 Å². The summed E-state index contributed by atoms with van der Waals surface area (Å²) in [5, 5.41) is 7.53. The van der Waals surface area contributed by atoms with Crippen LogP contribution in [0.2, 0.25) is 0 Å². The number of hydrogen-bond donors (Lipinski definition) is 1. The summed E-state index contributed by atoms with van der Waals surface area (Å²) in [5.74, 6) is 1.06. The summed E-state index contributed by atoms with van der Waals surface area (Å²) in [4.78, 5) is 13.0. The van der Waals surface area contributed by atoms with Crippen LogP contribution in [0.3, 0.4) is 0 Å². The van der Waals surface area contributed by atoms with E-state index in [1.807, 2.05) is 73.7 Å². The fourth-order valence-corrected chi connectivity index (χ4v) is 3.13. The van der Waals surface area contributed by atoms with Gasteiger partial charge in [0.2, 0.25) is 0 Å². The van der Waals surface area contributed by atoms with Crippen molar-refractivity contribution >= 4 is 27.5 Å². The van der Waals surface area contributed by atoms with Crippen LogP contribution in [0.4, 0.5) is 5.69 Å². The van der Waals surface area contributed by atoms with E-state index in [1.165, 1.54) is 0 Å². The number of amides is 1. The molecule has 2 aromatic carbocycles. The predicted molar refractivity (Wildman–Crippen MR) is 108 cm³/mol. The van der Waals surface area contributed by atoms with Crippen LogP contribution in [-0.2, 0) is 0 Å². The number of para-hydroxylation sites is 2. The molecule has 1 N–H and O–H groups in total. The summed E-state index contributed by atoms with van der Waals surface area (Å²) < 4.78 is 8.21. The van der Waals surface area contributed by atoms with Crippen molar-refractivity contribution in [3.8, 4) is 17.1 Å². The van der Waals surface area contributed by atoms with E-state index in [-0.39, 0.29) is 5.91 Å². The molecule has 4 rings (SSSR count). The maximum Gasteiger partial charge on any atom is 0.259 e. The van der Waals surface area contributed by atoms with Gasteiger partial charge in [0, 0.05) is 10.7 Å². The third-order valence-corrected chi connectivity index (χ3v) is 4.77. The molecule has 0 saturated carbocycles. The van der Waals surface area contributed by atoms with E-state index < -0.39 is 0 Å². The number of aryl methyl sites for hydroxylation is 1. The van der Waals surface area contributed by atoms with Crippen LogP contribution < -0.4 is 5.32 Å². The van der Waals surface area contributed by atoms with Crippen molar-refractivity contribution in [1.29, 1.82) is 0 Å². The first-order chi connectivity index (χ1) is 13.1. The molecule has 2 aromatic heterocycles. The first kappa shape index (κ1) is 17.3. The smallest absolute Gasteiger partial charge is 0.259 e. The van der Waals surface area contributed by atoms with Crippen molar-refractivity contribution in [2.24, 2.45) is 0 Å². The second kappa shape index (κ2) is 7.25. The Morgan fingerprint density at radius 1 is 1.04 bits per heavy atom. The van der Waals surface area contributed by atoms with Gasteiger partial charge in [-0.1, -0.05) is 30.3 Å². The highest BCUT2D eigenvalue weighted by atomic mass is 79.9. The second-order valence-corrected chi connectivity index (χ2v) is 6.87. The van der Waals surface area contributed by atoms with Gasteiger partial charge in [0.15, 0.2) is 5.76 Å². The molecule has 0 aliphatic heterocycles. The van der Waals surface area contributed by atoms with E-state index in [9.17, 15) is 4.79 Å². The van der Waals surface area contributed by atoms with Gasteiger partial charge >= 0.3 is 0 Å². The lowest BCUT2D eigenvalue weighted by Crippen LogP contribution is -2.12. The number of carbonyl (C=O) groups excluding carboxylic acids is 1. The minimum Gasteiger partial charge on any atom is -0.460 e. The highest BCUT2D eigenvalue weighted by molar-refractivity contribution is 9.10. The van der Waals surface area contributed by atoms with E-state index in [0.717, 1.165) is 15.9 Å². The molecule has 0 saturated heterocycles. The van der Waals surface area contributed by atoms with Gasteiger partial charge in [0.25, 0.3) is 5.91 Å². The molecule has 0 atom stereocenters. The number of furan rings is 1. The SMILES string of the molecule is Cc1ccc(-c2nn(-c3ccccc3)cc2C(=O)Nc2ccccc2Br)o1. The number of rotatable bonds is 4. The molecular formula is C21H16BrN3O2. The first-order valence-electron chi connectivity index (χ1n) is 8.39. The Morgan fingerprint density at radius 2 is 1.78 bits per heavy atom. The molecule has 5 nitrogen and oxygen atoms in total. The zero-order chi connectivity index (χ0) is 18.8. The number of nitrogens with one attached hydrogen (secondary N) is 1. The Bertz CT molecular complexity index is 1100. The molecule has 0 bridgehead atoms. The molecule has 2 heterocycles. The van der Waals surface area contributed by atoms with Crippen LogP contribution in [-0.4, -0.2) is 15.7 Å². The number of nitrogens with zero attached hydrogens (tertiary/aromatic N) is 2. The summed E-state index contributed by atoms with van der Waals surface area (Å²) in [5.41, 5.74) is 2.49. The summed E-state index contributed by atoms with van der Waals surface area (Å²) in [6, 6.07) is 20.8. The Labute approximate surface area is 164 Å². The third-order valence-electron chi connectivity index (χ3n) is 4.08. The number of aromatic nitrogens is 2. The van der Waals surface area contributed by atoms with E-state index in [2.05, 4.69) is 26.3 Å². The minimum absolute atomic E-state index is 0.256. The molecule has 0 radical (unpaired) electrons. The fourth-order valence-electron chi connectivity index (χ4n) is 2.75. The Kier molecular flexibility index (Phi) is 4.64. The molecular weight excluding hydrogens is 406 g/mol.